The summed E-state index contributed by atoms with van der Waals surface area (Å²) in [6.07, 6.45) is 1.98. The maximum atomic E-state index is 12.9. The number of hydrogen-bond acceptors (Lipinski definition) is 6. The molecule has 0 spiro atoms. The lowest BCUT2D eigenvalue weighted by atomic mass is 10.2. The van der Waals surface area contributed by atoms with Crippen molar-refractivity contribution in [3.63, 3.8) is 0 Å². The molecule has 0 radical (unpaired) electrons. The van der Waals surface area contributed by atoms with E-state index in [2.05, 4.69) is 15.6 Å². The number of benzene rings is 2. The number of carbonyl (C=O) groups is 2. The molecule has 1 aliphatic heterocycles. The van der Waals surface area contributed by atoms with E-state index in [1.807, 2.05) is 37.2 Å². The van der Waals surface area contributed by atoms with Gasteiger partial charge in [0.15, 0.2) is 0 Å². The molecule has 0 aliphatic carbocycles. The minimum absolute atomic E-state index is 0.0344. The van der Waals surface area contributed by atoms with Gasteiger partial charge in [-0.15, -0.1) is 0 Å². The topological polar surface area (TPSA) is 92.3 Å². The van der Waals surface area contributed by atoms with E-state index < -0.39 is 5.97 Å². The summed E-state index contributed by atoms with van der Waals surface area (Å²) in [5, 5.41) is 5.95. The summed E-state index contributed by atoms with van der Waals surface area (Å²) in [5.74, 6) is -0.435. The van der Waals surface area contributed by atoms with E-state index in [0.717, 1.165) is 25.1 Å². The molecular weight excluding hydrogens is 396 g/mol. The van der Waals surface area contributed by atoms with Crippen LogP contribution in [-0.4, -0.2) is 58.3 Å². The number of rotatable bonds is 6. The van der Waals surface area contributed by atoms with Crippen LogP contribution in [0.2, 0.25) is 0 Å². The van der Waals surface area contributed by atoms with Gasteiger partial charge in [-0.3, -0.25) is 10.1 Å². The molecule has 1 atom stereocenters. The fourth-order valence-corrected chi connectivity index (χ4v) is 3.18. The van der Waals surface area contributed by atoms with Crippen LogP contribution in [0.15, 0.2) is 53.5 Å². The number of aliphatic imine (C=N–C) groups is 1. The van der Waals surface area contributed by atoms with Crippen LogP contribution in [0.3, 0.4) is 0 Å². The zero-order valence-electron chi connectivity index (χ0n) is 18.1. The summed E-state index contributed by atoms with van der Waals surface area (Å²) in [5.41, 5.74) is 2.44. The molecule has 3 rings (SSSR count). The van der Waals surface area contributed by atoms with Crippen molar-refractivity contribution in [3.05, 3.63) is 59.7 Å². The number of nitrogens with zero attached hydrogens (tertiary/aromatic N) is 2. The first-order chi connectivity index (χ1) is 15.0. The van der Waals surface area contributed by atoms with E-state index in [1.54, 1.807) is 30.3 Å². The molecule has 1 unspecified atom stereocenters. The second-order valence-corrected chi connectivity index (χ2v) is 7.42. The van der Waals surface area contributed by atoms with E-state index in [0.29, 0.717) is 23.4 Å². The van der Waals surface area contributed by atoms with Gasteiger partial charge in [0, 0.05) is 37.6 Å². The number of amides is 1. The Morgan fingerprint density at radius 3 is 2.65 bits per heavy atom. The molecule has 2 aromatic rings. The van der Waals surface area contributed by atoms with Crippen molar-refractivity contribution >= 4 is 29.2 Å². The third-order valence-corrected chi connectivity index (χ3v) is 4.88. The molecule has 164 valence electrons. The van der Waals surface area contributed by atoms with Crippen LogP contribution in [0.5, 0.6) is 0 Å². The Labute approximate surface area is 182 Å². The van der Waals surface area contributed by atoms with Gasteiger partial charge in [0.25, 0.3) is 5.91 Å². The maximum absolute atomic E-state index is 12.9. The number of guanidine groups is 1. The number of hydrogen-bond donors (Lipinski definition) is 2. The van der Waals surface area contributed by atoms with Crippen molar-refractivity contribution in [1.82, 2.24) is 5.32 Å². The second kappa shape index (κ2) is 10.6. The van der Waals surface area contributed by atoms with Crippen LogP contribution in [0, 0.1) is 0 Å². The largest absolute Gasteiger partial charge is 0.465 e. The number of esters is 1. The van der Waals surface area contributed by atoms with Crippen LogP contribution in [-0.2, 0) is 9.47 Å². The lowest BCUT2D eigenvalue weighted by Crippen LogP contribution is -2.37. The molecule has 8 nitrogen and oxygen atoms in total. The van der Waals surface area contributed by atoms with E-state index in [9.17, 15) is 9.59 Å². The molecular formula is C23H28N4O4. The molecule has 31 heavy (non-hydrogen) atoms. The predicted octanol–water partition coefficient (Wildman–Crippen LogP) is 2.92. The highest BCUT2D eigenvalue weighted by Crippen LogP contribution is 2.15. The zero-order chi connectivity index (χ0) is 22.2. The maximum Gasteiger partial charge on any atom is 0.337 e. The molecule has 0 saturated carbocycles. The minimum Gasteiger partial charge on any atom is -0.465 e. The Kier molecular flexibility index (Phi) is 7.61. The van der Waals surface area contributed by atoms with Gasteiger partial charge in [0.2, 0.25) is 5.96 Å². The Bertz CT molecular complexity index is 952. The number of methoxy groups -OCH3 is 1. The average molecular weight is 425 g/mol. The molecule has 0 aromatic heterocycles. The monoisotopic (exact) mass is 424 g/mol. The summed E-state index contributed by atoms with van der Waals surface area (Å²) < 4.78 is 10.4. The van der Waals surface area contributed by atoms with Gasteiger partial charge in [-0.05, 0) is 49.2 Å². The van der Waals surface area contributed by atoms with E-state index in [1.165, 1.54) is 7.11 Å². The van der Waals surface area contributed by atoms with Gasteiger partial charge in [0.1, 0.15) is 0 Å². The average Bonchev–Trinajstić information content (AvgIpc) is 3.31. The first kappa shape index (κ1) is 22.3. The minimum atomic E-state index is -0.439. The Hall–Kier alpha value is -3.39. The van der Waals surface area contributed by atoms with Crippen LogP contribution in [0.1, 0.15) is 33.6 Å². The fourth-order valence-electron chi connectivity index (χ4n) is 3.18. The summed E-state index contributed by atoms with van der Waals surface area (Å²) in [4.78, 5) is 31.2. The molecule has 2 aromatic carbocycles. The van der Waals surface area contributed by atoms with Gasteiger partial charge in [-0.25, -0.2) is 9.79 Å². The number of ether oxygens (including phenoxy) is 2. The van der Waals surface area contributed by atoms with Crippen LogP contribution in [0.25, 0.3) is 0 Å². The summed E-state index contributed by atoms with van der Waals surface area (Å²) >= 11 is 0. The standard InChI is InChI=1S/C23H28N4O4/c1-27(2)19-10-5-7-16(14-19)21(28)26-23(24-15-20-11-6-12-31-20)25-18-9-4-8-17(13-18)22(29)30-3/h4-5,7-10,13-14,20H,6,11-12,15H2,1-3H3,(H2,24,25,26,28). The van der Waals surface area contributed by atoms with Crippen LogP contribution < -0.4 is 15.5 Å². The lowest BCUT2D eigenvalue weighted by Gasteiger charge is -2.15. The quantitative estimate of drug-likeness (QED) is 0.421. The molecule has 0 bridgehead atoms. The number of carbonyl (C=O) groups excluding carboxylic acids is 2. The van der Waals surface area contributed by atoms with Crippen molar-refractivity contribution in [2.24, 2.45) is 4.99 Å². The normalized spacial score (nSPS) is 16.0. The summed E-state index contributed by atoms with van der Waals surface area (Å²) in [6.45, 7) is 1.16. The molecule has 1 amide bonds. The fraction of sp³-hybridized carbons (Fsp3) is 0.348. The Morgan fingerprint density at radius 1 is 1.16 bits per heavy atom. The molecule has 2 N–H and O–H groups in total. The van der Waals surface area contributed by atoms with Gasteiger partial charge in [-0.2, -0.15) is 0 Å². The first-order valence-electron chi connectivity index (χ1n) is 10.2. The predicted molar refractivity (Wildman–Crippen MR) is 121 cm³/mol. The van der Waals surface area contributed by atoms with E-state index >= 15 is 0 Å². The highest BCUT2D eigenvalue weighted by atomic mass is 16.5. The second-order valence-electron chi connectivity index (χ2n) is 7.42. The van der Waals surface area contributed by atoms with Gasteiger partial charge in [-0.1, -0.05) is 12.1 Å². The third-order valence-electron chi connectivity index (χ3n) is 4.88. The highest BCUT2D eigenvalue weighted by molar-refractivity contribution is 6.10. The van der Waals surface area contributed by atoms with Gasteiger partial charge >= 0.3 is 5.97 Å². The summed E-state index contributed by atoms with van der Waals surface area (Å²) in [7, 11) is 5.17. The lowest BCUT2D eigenvalue weighted by molar-refractivity contribution is 0.0600. The van der Waals surface area contributed by atoms with Crippen molar-refractivity contribution < 1.29 is 19.1 Å². The van der Waals surface area contributed by atoms with Gasteiger partial charge < -0.3 is 19.7 Å². The Balaban J connectivity index is 1.79. The Morgan fingerprint density at radius 2 is 1.94 bits per heavy atom. The van der Waals surface area contributed by atoms with E-state index in [4.69, 9.17) is 9.47 Å². The molecule has 1 heterocycles. The summed E-state index contributed by atoms with van der Waals surface area (Å²) in [6, 6.07) is 14.1. The van der Waals surface area contributed by atoms with Crippen molar-refractivity contribution in [2.75, 3.05) is 44.6 Å². The molecule has 1 saturated heterocycles. The SMILES string of the molecule is COC(=O)c1cccc(NC(=NCC2CCCO2)NC(=O)c2cccc(N(C)C)c2)c1. The van der Waals surface area contributed by atoms with E-state index in [-0.39, 0.29) is 18.0 Å². The highest BCUT2D eigenvalue weighted by Gasteiger charge is 2.17. The van der Waals surface area contributed by atoms with Crippen molar-refractivity contribution in [2.45, 2.75) is 18.9 Å². The smallest absolute Gasteiger partial charge is 0.337 e. The van der Waals surface area contributed by atoms with Crippen LogP contribution >= 0.6 is 0 Å². The molecule has 1 fully saturated rings. The van der Waals surface area contributed by atoms with Crippen LogP contribution in [0.4, 0.5) is 11.4 Å². The first-order valence-corrected chi connectivity index (χ1v) is 10.2. The zero-order valence-corrected chi connectivity index (χ0v) is 18.1. The van der Waals surface area contributed by atoms with Crippen molar-refractivity contribution in [1.29, 1.82) is 0 Å². The number of anilines is 2. The van der Waals surface area contributed by atoms with Crippen molar-refractivity contribution in [3.8, 4) is 0 Å². The molecule has 1 aliphatic rings. The number of nitrogens with one attached hydrogen (secondary N) is 2. The third kappa shape index (κ3) is 6.29. The van der Waals surface area contributed by atoms with Gasteiger partial charge in [0.05, 0.1) is 25.3 Å². The molecule has 8 heteroatoms.